The molecule has 7 nitrogen and oxygen atoms in total. The molecule has 0 atom stereocenters. The van der Waals surface area contributed by atoms with Crippen molar-refractivity contribution >= 4 is 17.3 Å². The van der Waals surface area contributed by atoms with E-state index in [0.29, 0.717) is 49.8 Å². The Labute approximate surface area is 248 Å². The van der Waals surface area contributed by atoms with Gasteiger partial charge >= 0.3 is 12.4 Å². The minimum atomic E-state index is -4.88. The Morgan fingerprint density at radius 2 is 1.65 bits per heavy atom. The Bertz CT molecular complexity index is 1460. The van der Waals surface area contributed by atoms with Crippen LogP contribution in [0.3, 0.4) is 0 Å². The number of alkyl halides is 6. The molecule has 3 aromatic rings. The van der Waals surface area contributed by atoms with E-state index >= 15 is 0 Å². The van der Waals surface area contributed by atoms with Crippen molar-refractivity contribution in [2.75, 3.05) is 33.4 Å². The quantitative estimate of drug-likeness (QED) is 0.120. The van der Waals surface area contributed by atoms with Crippen LogP contribution in [0.15, 0.2) is 71.4 Å². The maximum atomic E-state index is 13.6. The summed E-state index contributed by atoms with van der Waals surface area (Å²) in [6.45, 7) is 1.39. The first kappa shape index (κ1) is 33.6. The van der Waals surface area contributed by atoms with Gasteiger partial charge in [-0.05, 0) is 53.6 Å². The van der Waals surface area contributed by atoms with Crippen molar-refractivity contribution < 1.29 is 45.7 Å². The van der Waals surface area contributed by atoms with Crippen LogP contribution in [0.25, 0.3) is 11.1 Å². The van der Waals surface area contributed by atoms with Crippen LogP contribution in [0, 0.1) is 0 Å². The highest BCUT2D eigenvalue weighted by Gasteiger charge is 2.34. The minimum absolute atomic E-state index is 0.0581. The van der Waals surface area contributed by atoms with Crippen molar-refractivity contribution in [2.45, 2.75) is 19.0 Å². The summed E-state index contributed by atoms with van der Waals surface area (Å²) in [4.78, 5) is 3.78. The normalized spacial score (nSPS) is 12.9. The van der Waals surface area contributed by atoms with Gasteiger partial charge in [-0.1, -0.05) is 29.8 Å². The zero-order chi connectivity index (χ0) is 31.8. The lowest BCUT2D eigenvalue weighted by atomic mass is 9.96. The maximum Gasteiger partial charge on any atom is 0.430 e. The van der Waals surface area contributed by atoms with Gasteiger partial charge in [0.2, 0.25) is 0 Å². The topological polar surface area (TPSA) is 112 Å². The molecule has 0 unspecified atom stereocenters. The summed E-state index contributed by atoms with van der Waals surface area (Å²) in [6, 6.07) is 12.2. The van der Waals surface area contributed by atoms with Crippen molar-refractivity contribution in [1.82, 2.24) is 0 Å². The van der Waals surface area contributed by atoms with Crippen LogP contribution >= 0.6 is 11.6 Å². The van der Waals surface area contributed by atoms with Crippen molar-refractivity contribution in [2.24, 2.45) is 16.5 Å². The minimum Gasteiger partial charge on any atom is -0.506 e. The van der Waals surface area contributed by atoms with Gasteiger partial charge in [0.15, 0.2) is 0 Å². The summed E-state index contributed by atoms with van der Waals surface area (Å²) in [5, 5.41) is 10.6. The molecule has 43 heavy (non-hydrogen) atoms. The Balaban J connectivity index is 1.99. The lowest BCUT2D eigenvalue weighted by Gasteiger charge is -2.18. The van der Waals surface area contributed by atoms with Crippen LogP contribution in [0.5, 0.6) is 17.2 Å². The molecule has 0 bridgehead atoms. The fourth-order valence-electron chi connectivity index (χ4n) is 3.82. The third kappa shape index (κ3) is 9.02. The number of halogens is 7. The molecule has 0 aliphatic heterocycles. The Morgan fingerprint density at radius 1 is 0.953 bits per heavy atom. The van der Waals surface area contributed by atoms with E-state index in [9.17, 15) is 31.4 Å². The van der Waals surface area contributed by atoms with Gasteiger partial charge in [0.25, 0.3) is 0 Å². The second kappa shape index (κ2) is 14.5. The average molecular weight is 632 g/mol. The number of phenolic OH excluding ortho intramolecular Hbond substituents is 1. The van der Waals surface area contributed by atoms with Gasteiger partial charge in [-0.3, -0.25) is 4.99 Å². The molecule has 0 amide bonds. The number of aliphatic imine (C=N–C) groups is 1. The summed E-state index contributed by atoms with van der Waals surface area (Å²) < 4.78 is 96.9. The molecule has 0 heterocycles. The molecule has 0 aliphatic rings. The van der Waals surface area contributed by atoms with Crippen molar-refractivity contribution in [3.8, 4) is 28.4 Å². The van der Waals surface area contributed by atoms with E-state index in [1.165, 1.54) is 25.2 Å². The van der Waals surface area contributed by atoms with E-state index in [4.69, 9.17) is 37.3 Å². The molecule has 5 N–H and O–H groups in total. The van der Waals surface area contributed by atoms with Crippen LogP contribution in [0.1, 0.15) is 16.7 Å². The standard InChI is InChI=1S/C29H28ClF6N3O4/c1-39-23(15-25(38)29(34,35)36)20-7-9-24(26(27(20)40)18-4-8-22(30)21(14-18)28(31,32)33)43-16-17-2-5-19(6-3-17)42-13-12-41-11-10-37/h2-9,14-15,40H,10-13,16,37-38H2,1H3/b25-15-,39-23?. The fraction of sp³-hybridized carbons (Fsp3) is 0.276. The van der Waals surface area contributed by atoms with Crippen LogP contribution in [-0.4, -0.2) is 50.4 Å². The first-order valence-corrected chi connectivity index (χ1v) is 13.0. The molecule has 0 fully saturated rings. The molecule has 0 saturated carbocycles. The van der Waals surface area contributed by atoms with Gasteiger partial charge in [0.1, 0.15) is 36.2 Å². The Morgan fingerprint density at radius 3 is 2.26 bits per heavy atom. The summed E-state index contributed by atoms with van der Waals surface area (Å²) in [5.74, 6) is -0.182. The number of aromatic hydroxyl groups is 1. The number of hydrogen-bond donors (Lipinski definition) is 3. The van der Waals surface area contributed by atoms with Gasteiger partial charge in [0, 0.05) is 19.2 Å². The number of allylic oxidation sites excluding steroid dienone is 2. The van der Waals surface area contributed by atoms with Gasteiger partial charge in [-0.2, -0.15) is 26.3 Å². The molecule has 3 aromatic carbocycles. The first-order valence-electron chi connectivity index (χ1n) is 12.6. The van der Waals surface area contributed by atoms with E-state index in [1.54, 1.807) is 24.3 Å². The third-order valence-electron chi connectivity index (χ3n) is 5.91. The number of phenols is 1. The lowest BCUT2D eigenvalue weighted by molar-refractivity contribution is -0.137. The van der Waals surface area contributed by atoms with E-state index in [1.807, 2.05) is 0 Å². The van der Waals surface area contributed by atoms with E-state index in [0.717, 1.165) is 6.07 Å². The van der Waals surface area contributed by atoms with Gasteiger partial charge in [-0.15, -0.1) is 0 Å². The molecule has 0 radical (unpaired) electrons. The number of ether oxygens (including phenoxy) is 3. The maximum absolute atomic E-state index is 13.6. The van der Waals surface area contributed by atoms with Gasteiger partial charge in [0.05, 0.1) is 35.1 Å². The smallest absolute Gasteiger partial charge is 0.430 e. The van der Waals surface area contributed by atoms with E-state index in [-0.39, 0.29) is 34.8 Å². The van der Waals surface area contributed by atoms with Gasteiger partial charge < -0.3 is 30.8 Å². The summed E-state index contributed by atoms with van der Waals surface area (Å²) in [7, 11) is 1.17. The number of hydrogen-bond acceptors (Lipinski definition) is 7. The van der Waals surface area contributed by atoms with Crippen LogP contribution in [-0.2, 0) is 17.5 Å². The largest absolute Gasteiger partial charge is 0.506 e. The predicted octanol–water partition coefficient (Wildman–Crippen LogP) is 6.49. The highest BCUT2D eigenvalue weighted by atomic mass is 35.5. The number of rotatable bonds is 12. The molecule has 0 aromatic heterocycles. The Hall–Kier alpha value is -3.94. The van der Waals surface area contributed by atoms with Gasteiger partial charge in [-0.25, -0.2) is 0 Å². The fourth-order valence-corrected chi connectivity index (χ4v) is 4.04. The van der Waals surface area contributed by atoms with Crippen LogP contribution in [0.4, 0.5) is 26.3 Å². The molecule has 232 valence electrons. The molecule has 0 aliphatic carbocycles. The van der Waals surface area contributed by atoms with Crippen molar-refractivity contribution in [3.63, 3.8) is 0 Å². The summed E-state index contributed by atoms with van der Waals surface area (Å²) in [5.41, 5.74) is 7.49. The number of nitrogens with two attached hydrogens (primary N) is 2. The predicted molar refractivity (Wildman–Crippen MR) is 150 cm³/mol. The second-order valence-corrected chi connectivity index (χ2v) is 9.32. The Kier molecular flexibility index (Phi) is 11.3. The zero-order valence-corrected chi connectivity index (χ0v) is 23.5. The number of benzene rings is 3. The van der Waals surface area contributed by atoms with Crippen molar-refractivity contribution in [3.05, 3.63) is 88.1 Å². The first-order chi connectivity index (χ1) is 20.3. The third-order valence-corrected chi connectivity index (χ3v) is 6.24. The summed E-state index contributed by atoms with van der Waals surface area (Å²) in [6.07, 6.45) is -9.20. The highest BCUT2D eigenvalue weighted by Crippen LogP contribution is 2.44. The molecule has 0 saturated heterocycles. The zero-order valence-electron chi connectivity index (χ0n) is 22.7. The molecule has 3 rings (SSSR count). The highest BCUT2D eigenvalue weighted by molar-refractivity contribution is 6.31. The molecular weight excluding hydrogens is 604 g/mol. The molecular formula is C29H28ClF6N3O4. The molecule has 14 heteroatoms. The van der Waals surface area contributed by atoms with Crippen molar-refractivity contribution in [1.29, 1.82) is 0 Å². The van der Waals surface area contributed by atoms with E-state index < -0.39 is 34.4 Å². The molecule has 0 spiro atoms. The SMILES string of the molecule is CN=C(/C=C(\N)C(F)(F)F)c1ccc(OCc2ccc(OCCOCCN)cc2)c(-c2ccc(Cl)c(C(F)(F)F)c2)c1O. The average Bonchev–Trinajstić information content (AvgIpc) is 2.95. The lowest BCUT2D eigenvalue weighted by Crippen LogP contribution is -2.21. The van der Waals surface area contributed by atoms with Crippen LogP contribution < -0.4 is 20.9 Å². The second-order valence-electron chi connectivity index (χ2n) is 8.92. The number of nitrogens with zero attached hydrogens (tertiary/aromatic N) is 1. The monoisotopic (exact) mass is 631 g/mol. The van der Waals surface area contributed by atoms with Crippen LogP contribution in [0.2, 0.25) is 5.02 Å². The summed E-state index contributed by atoms with van der Waals surface area (Å²) >= 11 is 5.78. The van der Waals surface area contributed by atoms with E-state index in [2.05, 4.69) is 4.99 Å².